The summed E-state index contributed by atoms with van der Waals surface area (Å²) >= 11 is 0. The zero-order chi connectivity index (χ0) is 16.9. The lowest BCUT2D eigenvalue weighted by atomic mass is 9.96. The van der Waals surface area contributed by atoms with Crippen LogP contribution in [0.3, 0.4) is 0 Å². The predicted molar refractivity (Wildman–Crippen MR) is 94.4 cm³/mol. The molecule has 3 rings (SSSR count). The van der Waals surface area contributed by atoms with Gasteiger partial charge in [0, 0.05) is 6.07 Å². The van der Waals surface area contributed by atoms with E-state index in [4.69, 9.17) is 4.74 Å². The maximum absolute atomic E-state index is 12.2. The summed E-state index contributed by atoms with van der Waals surface area (Å²) in [6.45, 7) is 4.02. The van der Waals surface area contributed by atoms with E-state index in [2.05, 4.69) is 10.4 Å². The van der Waals surface area contributed by atoms with Crippen LogP contribution in [-0.2, 0) is 4.79 Å². The highest BCUT2D eigenvalue weighted by Gasteiger charge is 2.19. The van der Waals surface area contributed by atoms with Gasteiger partial charge >= 0.3 is 0 Å². The smallest absolute Gasteiger partial charge is 0.263 e. The summed E-state index contributed by atoms with van der Waals surface area (Å²) in [5, 5.41) is 7.32. The van der Waals surface area contributed by atoms with Crippen LogP contribution in [0.15, 0.2) is 30.5 Å². The minimum atomic E-state index is -0.160. The molecular weight excluding hydrogens is 302 g/mol. The molecule has 5 heteroatoms. The third-order valence-corrected chi connectivity index (χ3v) is 4.55. The molecule has 1 fully saturated rings. The summed E-state index contributed by atoms with van der Waals surface area (Å²) in [5.41, 5.74) is 2.22. The van der Waals surface area contributed by atoms with Gasteiger partial charge in [0.05, 0.1) is 12.2 Å². The quantitative estimate of drug-likeness (QED) is 0.902. The number of benzene rings is 1. The fourth-order valence-electron chi connectivity index (χ4n) is 3.31. The predicted octanol–water partition coefficient (Wildman–Crippen LogP) is 4.02. The van der Waals surface area contributed by atoms with Crippen molar-refractivity contribution in [2.24, 2.45) is 0 Å². The van der Waals surface area contributed by atoms with E-state index in [1.54, 1.807) is 6.20 Å². The highest BCUT2D eigenvalue weighted by Crippen LogP contribution is 2.29. The summed E-state index contributed by atoms with van der Waals surface area (Å²) in [7, 11) is 0. The maximum atomic E-state index is 12.2. The van der Waals surface area contributed by atoms with E-state index in [-0.39, 0.29) is 12.5 Å². The lowest BCUT2D eigenvalue weighted by Crippen LogP contribution is -2.24. The van der Waals surface area contributed by atoms with Crippen LogP contribution in [0.1, 0.15) is 49.3 Å². The number of nitrogens with one attached hydrogen (secondary N) is 1. The lowest BCUT2D eigenvalue weighted by Gasteiger charge is -2.23. The number of amides is 1. The molecule has 0 radical (unpaired) electrons. The molecule has 1 aromatic carbocycles. The fourth-order valence-corrected chi connectivity index (χ4v) is 3.31. The Balaban J connectivity index is 1.58. The van der Waals surface area contributed by atoms with Crippen molar-refractivity contribution in [1.82, 2.24) is 9.78 Å². The summed E-state index contributed by atoms with van der Waals surface area (Å²) in [4.78, 5) is 12.2. The molecule has 0 bridgehead atoms. The Kier molecular flexibility index (Phi) is 5.18. The molecule has 1 amide bonds. The first kappa shape index (κ1) is 16.6. The highest BCUT2D eigenvalue weighted by atomic mass is 16.5. The summed E-state index contributed by atoms with van der Waals surface area (Å²) in [6.07, 6.45) is 7.76. The van der Waals surface area contributed by atoms with E-state index in [0.29, 0.717) is 6.04 Å². The average molecular weight is 327 g/mol. The van der Waals surface area contributed by atoms with Crippen LogP contribution in [0, 0.1) is 13.8 Å². The van der Waals surface area contributed by atoms with Crippen LogP contribution in [0.2, 0.25) is 0 Å². The molecule has 0 spiro atoms. The minimum absolute atomic E-state index is 0.000250. The van der Waals surface area contributed by atoms with Gasteiger partial charge in [0.2, 0.25) is 0 Å². The largest absolute Gasteiger partial charge is 0.483 e. The SMILES string of the molecule is Cc1ccc(OCC(=O)Nc2ccnn2C2CCCCC2)c(C)c1. The number of hydrogen-bond donors (Lipinski definition) is 1. The van der Waals surface area contributed by atoms with E-state index in [1.807, 2.05) is 42.8 Å². The Morgan fingerprint density at radius 1 is 1.25 bits per heavy atom. The molecule has 1 aliphatic rings. The summed E-state index contributed by atoms with van der Waals surface area (Å²) in [6, 6.07) is 8.18. The normalized spacial score (nSPS) is 15.2. The Bertz CT molecular complexity index is 702. The van der Waals surface area contributed by atoms with Crippen molar-refractivity contribution in [3.8, 4) is 5.75 Å². The van der Waals surface area contributed by atoms with Crippen LogP contribution in [0.4, 0.5) is 5.82 Å². The van der Waals surface area contributed by atoms with Gasteiger partial charge in [-0.1, -0.05) is 37.0 Å². The first-order valence-corrected chi connectivity index (χ1v) is 8.67. The number of rotatable bonds is 5. The Morgan fingerprint density at radius 3 is 2.79 bits per heavy atom. The first-order chi connectivity index (χ1) is 11.6. The molecule has 1 aliphatic carbocycles. The topological polar surface area (TPSA) is 56.1 Å². The molecule has 24 heavy (non-hydrogen) atoms. The van der Waals surface area contributed by atoms with Crippen LogP contribution in [-0.4, -0.2) is 22.3 Å². The number of ether oxygens (including phenoxy) is 1. The van der Waals surface area contributed by atoms with Gasteiger partial charge in [0.15, 0.2) is 6.61 Å². The van der Waals surface area contributed by atoms with Crippen LogP contribution in [0.25, 0.3) is 0 Å². The highest BCUT2D eigenvalue weighted by molar-refractivity contribution is 5.91. The Labute approximate surface area is 143 Å². The van der Waals surface area contributed by atoms with Gasteiger partial charge in [-0.3, -0.25) is 4.79 Å². The van der Waals surface area contributed by atoms with E-state index in [1.165, 1.54) is 24.8 Å². The molecule has 0 unspecified atom stereocenters. The molecule has 0 aliphatic heterocycles. The summed E-state index contributed by atoms with van der Waals surface area (Å²) in [5.74, 6) is 1.35. The number of carbonyl (C=O) groups excluding carboxylic acids is 1. The van der Waals surface area contributed by atoms with Crippen molar-refractivity contribution in [3.63, 3.8) is 0 Å². The Hall–Kier alpha value is -2.30. The van der Waals surface area contributed by atoms with Crippen molar-refractivity contribution in [3.05, 3.63) is 41.6 Å². The molecule has 1 saturated carbocycles. The number of aryl methyl sites for hydroxylation is 2. The van der Waals surface area contributed by atoms with Gasteiger partial charge in [-0.05, 0) is 38.3 Å². The van der Waals surface area contributed by atoms with Gasteiger partial charge in [-0.2, -0.15) is 5.10 Å². The van der Waals surface area contributed by atoms with Crippen molar-refractivity contribution < 1.29 is 9.53 Å². The van der Waals surface area contributed by atoms with Crippen molar-refractivity contribution in [1.29, 1.82) is 0 Å². The van der Waals surface area contributed by atoms with Gasteiger partial charge in [0.1, 0.15) is 11.6 Å². The molecule has 0 saturated heterocycles. The second kappa shape index (κ2) is 7.51. The van der Waals surface area contributed by atoms with Gasteiger partial charge in [0.25, 0.3) is 5.91 Å². The molecule has 0 atom stereocenters. The molecule has 2 aromatic rings. The maximum Gasteiger partial charge on any atom is 0.263 e. The van der Waals surface area contributed by atoms with E-state index in [9.17, 15) is 4.79 Å². The molecule has 1 aromatic heterocycles. The van der Waals surface area contributed by atoms with Gasteiger partial charge in [-0.25, -0.2) is 4.68 Å². The van der Waals surface area contributed by atoms with Crippen molar-refractivity contribution in [2.45, 2.75) is 52.0 Å². The molecular formula is C19H25N3O2. The number of nitrogens with zero attached hydrogens (tertiary/aromatic N) is 2. The van der Waals surface area contributed by atoms with Gasteiger partial charge in [-0.15, -0.1) is 0 Å². The standard InChI is InChI=1S/C19H25N3O2/c1-14-8-9-17(15(2)12-14)24-13-19(23)21-18-10-11-20-22(18)16-6-4-3-5-7-16/h8-12,16H,3-7,13H2,1-2H3,(H,21,23). The van der Waals surface area contributed by atoms with Gasteiger partial charge < -0.3 is 10.1 Å². The molecule has 128 valence electrons. The number of carbonyl (C=O) groups is 1. The minimum Gasteiger partial charge on any atom is -0.483 e. The third-order valence-electron chi connectivity index (χ3n) is 4.55. The monoisotopic (exact) mass is 327 g/mol. The van der Waals surface area contributed by atoms with E-state index in [0.717, 1.165) is 30.0 Å². The Morgan fingerprint density at radius 2 is 2.04 bits per heavy atom. The van der Waals surface area contributed by atoms with E-state index >= 15 is 0 Å². The first-order valence-electron chi connectivity index (χ1n) is 8.67. The average Bonchev–Trinajstić information content (AvgIpc) is 3.03. The molecule has 1 N–H and O–H groups in total. The number of hydrogen-bond acceptors (Lipinski definition) is 3. The lowest BCUT2D eigenvalue weighted by molar-refractivity contribution is -0.118. The molecule has 1 heterocycles. The summed E-state index contributed by atoms with van der Waals surface area (Å²) < 4.78 is 7.60. The number of aromatic nitrogens is 2. The van der Waals surface area contributed by atoms with Crippen LogP contribution < -0.4 is 10.1 Å². The second-order valence-electron chi connectivity index (χ2n) is 6.56. The van der Waals surface area contributed by atoms with Crippen molar-refractivity contribution >= 4 is 11.7 Å². The fraction of sp³-hybridized carbons (Fsp3) is 0.474. The second-order valence-corrected chi connectivity index (χ2v) is 6.56. The molecule has 5 nitrogen and oxygen atoms in total. The van der Waals surface area contributed by atoms with Crippen molar-refractivity contribution in [2.75, 3.05) is 11.9 Å². The zero-order valence-corrected chi connectivity index (χ0v) is 14.4. The van der Waals surface area contributed by atoms with E-state index < -0.39 is 0 Å². The third kappa shape index (κ3) is 3.96. The zero-order valence-electron chi connectivity index (χ0n) is 14.4. The van der Waals surface area contributed by atoms with Crippen LogP contribution >= 0.6 is 0 Å². The number of anilines is 1. The van der Waals surface area contributed by atoms with Crippen LogP contribution in [0.5, 0.6) is 5.75 Å².